The van der Waals surface area contributed by atoms with E-state index in [-0.39, 0.29) is 18.1 Å². The van der Waals surface area contributed by atoms with Gasteiger partial charge in [-0.15, -0.1) is 0 Å². The molecule has 1 aromatic rings. The van der Waals surface area contributed by atoms with Crippen molar-refractivity contribution in [2.75, 3.05) is 11.9 Å². The molecule has 0 bridgehead atoms. The van der Waals surface area contributed by atoms with Gasteiger partial charge in [-0.2, -0.15) is 0 Å². The van der Waals surface area contributed by atoms with Crippen LogP contribution in [0.4, 0.5) is 5.69 Å². The number of nitrogens with one attached hydrogen (secondary N) is 1. The van der Waals surface area contributed by atoms with Crippen molar-refractivity contribution >= 4 is 34.7 Å². The predicted octanol–water partition coefficient (Wildman–Crippen LogP) is 2.24. The highest BCUT2D eigenvalue weighted by Crippen LogP contribution is 2.33. The topological polar surface area (TPSA) is 55.4 Å². The molecule has 1 heterocycles. The minimum Gasteiger partial charge on any atom is -0.463 e. The highest BCUT2D eigenvalue weighted by molar-refractivity contribution is 6.35. The fourth-order valence-electron chi connectivity index (χ4n) is 1.61. The summed E-state index contributed by atoms with van der Waals surface area (Å²) >= 11 is 5.85. The lowest BCUT2D eigenvalue weighted by atomic mass is 10.1. The maximum absolute atomic E-state index is 11.7. The molecule has 2 rings (SSSR count). The smallest absolute Gasteiger partial charge is 0.331 e. The maximum atomic E-state index is 11.7. The number of amides is 1. The van der Waals surface area contributed by atoms with Crippen LogP contribution < -0.4 is 5.32 Å². The molecule has 0 spiro atoms. The lowest BCUT2D eigenvalue weighted by Crippen LogP contribution is -2.07. The minimum atomic E-state index is -0.537. The molecule has 1 amide bonds. The fraction of sp³-hybridized carbons (Fsp3) is 0.167. The third kappa shape index (κ3) is 2.31. The number of fused-ring (bicyclic) bond motifs is 1. The number of carbonyl (C=O) groups is 2. The third-order valence-electron chi connectivity index (χ3n) is 2.31. The standard InChI is InChI=1S/C12H10ClNO3/c1-2-17-11(15)6-9-8-5-7(13)3-4-10(8)14-12(9)16/h3-6H,2H2,1H3,(H,14,16). The van der Waals surface area contributed by atoms with Crippen molar-refractivity contribution < 1.29 is 14.3 Å². The van der Waals surface area contributed by atoms with E-state index in [0.717, 1.165) is 0 Å². The highest BCUT2D eigenvalue weighted by Gasteiger charge is 2.25. The Bertz CT molecular complexity index is 522. The Hall–Kier alpha value is -1.81. The van der Waals surface area contributed by atoms with Gasteiger partial charge in [-0.25, -0.2) is 4.79 Å². The van der Waals surface area contributed by atoms with Crippen LogP contribution in [-0.4, -0.2) is 18.5 Å². The molecule has 1 N–H and O–H groups in total. The predicted molar refractivity (Wildman–Crippen MR) is 64.7 cm³/mol. The summed E-state index contributed by atoms with van der Waals surface area (Å²) in [7, 11) is 0. The van der Waals surface area contributed by atoms with E-state index in [1.165, 1.54) is 6.08 Å². The summed E-state index contributed by atoms with van der Waals surface area (Å²) in [5.41, 5.74) is 1.55. The van der Waals surface area contributed by atoms with Gasteiger partial charge in [0.2, 0.25) is 0 Å². The Morgan fingerprint density at radius 2 is 2.29 bits per heavy atom. The molecule has 0 radical (unpaired) electrons. The minimum absolute atomic E-state index is 0.270. The van der Waals surface area contributed by atoms with Crippen LogP contribution in [-0.2, 0) is 14.3 Å². The molecule has 0 aliphatic carbocycles. The Morgan fingerprint density at radius 1 is 1.53 bits per heavy atom. The number of carbonyl (C=O) groups excluding carboxylic acids is 2. The second-order valence-corrected chi connectivity index (χ2v) is 3.89. The Labute approximate surface area is 103 Å². The van der Waals surface area contributed by atoms with Gasteiger partial charge in [0.05, 0.1) is 12.2 Å². The average molecular weight is 252 g/mol. The van der Waals surface area contributed by atoms with Crippen LogP contribution >= 0.6 is 11.6 Å². The van der Waals surface area contributed by atoms with E-state index in [1.807, 2.05) is 0 Å². The molecule has 0 atom stereocenters. The van der Waals surface area contributed by atoms with Crippen molar-refractivity contribution in [2.24, 2.45) is 0 Å². The molecule has 0 unspecified atom stereocenters. The molecule has 5 heteroatoms. The van der Waals surface area contributed by atoms with Crippen molar-refractivity contribution in [1.82, 2.24) is 0 Å². The van der Waals surface area contributed by atoms with Crippen LogP contribution in [0, 0.1) is 0 Å². The number of esters is 1. The summed E-state index contributed by atoms with van der Waals surface area (Å²) in [5, 5.41) is 3.16. The summed E-state index contributed by atoms with van der Waals surface area (Å²) < 4.78 is 4.77. The Kier molecular flexibility index (Phi) is 3.15. The van der Waals surface area contributed by atoms with E-state index in [0.29, 0.717) is 16.3 Å². The van der Waals surface area contributed by atoms with Gasteiger partial charge in [0.25, 0.3) is 5.91 Å². The van der Waals surface area contributed by atoms with Crippen LogP contribution in [0.2, 0.25) is 5.02 Å². The number of hydrogen-bond acceptors (Lipinski definition) is 3. The van der Waals surface area contributed by atoms with Gasteiger partial charge in [-0.05, 0) is 25.1 Å². The normalized spacial score (nSPS) is 15.6. The molecule has 1 aliphatic rings. The summed E-state index contributed by atoms with van der Waals surface area (Å²) in [6, 6.07) is 5.01. The zero-order valence-electron chi connectivity index (χ0n) is 9.12. The number of halogens is 1. The quantitative estimate of drug-likeness (QED) is 0.648. The van der Waals surface area contributed by atoms with E-state index in [4.69, 9.17) is 16.3 Å². The first-order valence-electron chi connectivity index (χ1n) is 5.11. The monoisotopic (exact) mass is 251 g/mol. The zero-order chi connectivity index (χ0) is 12.4. The van der Waals surface area contributed by atoms with Crippen molar-refractivity contribution in [2.45, 2.75) is 6.92 Å². The molecular formula is C12H10ClNO3. The largest absolute Gasteiger partial charge is 0.463 e. The van der Waals surface area contributed by atoms with Crippen LogP contribution in [0.1, 0.15) is 12.5 Å². The van der Waals surface area contributed by atoms with E-state index in [9.17, 15) is 9.59 Å². The second kappa shape index (κ2) is 4.59. The summed E-state index contributed by atoms with van der Waals surface area (Å²) in [4.78, 5) is 23.0. The summed E-state index contributed by atoms with van der Waals surface area (Å²) in [6.07, 6.45) is 1.18. The van der Waals surface area contributed by atoms with Gasteiger partial charge in [0, 0.05) is 22.3 Å². The molecular weight excluding hydrogens is 242 g/mol. The second-order valence-electron chi connectivity index (χ2n) is 3.45. The van der Waals surface area contributed by atoms with Gasteiger partial charge < -0.3 is 10.1 Å². The molecule has 1 aliphatic heterocycles. The number of benzene rings is 1. The molecule has 1 aromatic carbocycles. The van der Waals surface area contributed by atoms with Crippen LogP contribution in [0.5, 0.6) is 0 Å². The zero-order valence-corrected chi connectivity index (χ0v) is 9.88. The third-order valence-corrected chi connectivity index (χ3v) is 2.55. The van der Waals surface area contributed by atoms with E-state index < -0.39 is 5.97 Å². The fourth-order valence-corrected chi connectivity index (χ4v) is 1.78. The summed E-state index contributed by atoms with van der Waals surface area (Å²) in [5.74, 6) is -0.860. The van der Waals surface area contributed by atoms with Crippen molar-refractivity contribution in [3.63, 3.8) is 0 Å². The molecule has 0 aromatic heterocycles. The Morgan fingerprint density at radius 3 is 3.00 bits per heavy atom. The first-order chi connectivity index (χ1) is 8.11. The van der Waals surface area contributed by atoms with Gasteiger partial charge in [-0.3, -0.25) is 4.79 Å². The van der Waals surface area contributed by atoms with Crippen LogP contribution in [0.25, 0.3) is 5.57 Å². The molecule has 0 saturated carbocycles. The van der Waals surface area contributed by atoms with Crippen molar-refractivity contribution in [3.05, 3.63) is 34.9 Å². The molecule has 0 saturated heterocycles. The molecule has 88 valence electrons. The van der Waals surface area contributed by atoms with E-state index in [1.54, 1.807) is 25.1 Å². The van der Waals surface area contributed by atoms with E-state index in [2.05, 4.69) is 5.32 Å². The maximum Gasteiger partial charge on any atom is 0.331 e. The first kappa shape index (κ1) is 11.7. The van der Waals surface area contributed by atoms with Crippen molar-refractivity contribution in [1.29, 1.82) is 0 Å². The number of ether oxygens (including phenoxy) is 1. The average Bonchev–Trinajstić information content (AvgIpc) is 2.56. The van der Waals surface area contributed by atoms with E-state index >= 15 is 0 Å². The van der Waals surface area contributed by atoms with Gasteiger partial charge in [-0.1, -0.05) is 11.6 Å². The SMILES string of the molecule is CCOC(=O)C=C1C(=O)Nc2ccc(Cl)cc21. The molecule has 17 heavy (non-hydrogen) atoms. The van der Waals surface area contributed by atoms with Gasteiger partial charge >= 0.3 is 5.97 Å². The lowest BCUT2D eigenvalue weighted by Gasteiger charge is -1.99. The number of rotatable bonds is 2. The lowest BCUT2D eigenvalue weighted by molar-refractivity contribution is -0.137. The van der Waals surface area contributed by atoms with Crippen LogP contribution in [0.15, 0.2) is 24.3 Å². The summed E-state index contributed by atoms with van der Waals surface area (Å²) in [6.45, 7) is 1.97. The van der Waals surface area contributed by atoms with Crippen LogP contribution in [0.3, 0.4) is 0 Å². The number of hydrogen-bond donors (Lipinski definition) is 1. The Balaban J connectivity index is 2.40. The number of anilines is 1. The van der Waals surface area contributed by atoms with Crippen molar-refractivity contribution in [3.8, 4) is 0 Å². The highest BCUT2D eigenvalue weighted by atomic mass is 35.5. The molecule has 0 fully saturated rings. The molecule has 4 nitrogen and oxygen atoms in total. The van der Waals surface area contributed by atoms with Gasteiger partial charge in [0.1, 0.15) is 0 Å². The van der Waals surface area contributed by atoms with Gasteiger partial charge in [0.15, 0.2) is 0 Å². The first-order valence-corrected chi connectivity index (χ1v) is 5.49.